The van der Waals surface area contributed by atoms with E-state index in [0.717, 1.165) is 0 Å². The van der Waals surface area contributed by atoms with Crippen LogP contribution in [0, 0.1) is 5.82 Å². The number of hydrogen-bond acceptors (Lipinski definition) is 6. The van der Waals surface area contributed by atoms with Gasteiger partial charge < -0.3 is 19.2 Å². The molecule has 0 aliphatic rings. The van der Waals surface area contributed by atoms with Crippen molar-refractivity contribution >= 4 is 28.7 Å². The fourth-order valence-corrected chi connectivity index (χ4v) is 2.84. The minimum atomic E-state index is -0.660. The van der Waals surface area contributed by atoms with E-state index in [1.165, 1.54) is 30.3 Å². The molecule has 4 rings (SSSR count). The van der Waals surface area contributed by atoms with Crippen molar-refractivity contribution in [3.05, 3.63) is 90.1 Å². The van der Waals surface area contributed by atoms with Crippen LogP contribution in [-0.4, -0.2) is 23.5 Å². The maximum atomic E-state index is 13.6. The molecule has 1 N–H and O–H groups in total. The number of esters is 1. The summed E-state index contributed by atoms with van der Waals surface area (Å²) in [6.45, 7) is -0.570. The first-order valence-electron chi connectivity index (χ1n) is 9.38. The molecule has 31 heavy (non-hydrogen) atoms. The van der Waals surface area contributed by atoms with Crippen LogP contribution in [0.25, 0.3) is 11.1 Å². The molecular weight excluding hydrogens is 403 g/mol. The molecule has 0 bridgehead atoms. The summed E-state index contributed by atoms with van der Waals surface area (Å²) in [4.78, 5) is 28.8. The van der Waals surface area contributed by atoms with Crippen molar-refractivity contribution < 1.29 is 27.9 Å². The Bertz CT molecular complexity index is 1200. The normalized spacial score (nSPS) is 10.6. The lowest BCUT2D eigenvalue weighted by Crippen LogP contribution is -2.21. The van der Waals surface area contributed by atoms with Gasteiger partial charge in [0.05, 0.1) is 5.69 Å². The topological polar surface area (TPSA) is 90.7 Å². The van der Waals surface area contributed by atoms with Crippen LogP contribution in [0.2, 0.25) is 0 Å². The molecule has 1 amide bonds. The Morgan fingerprint density at radius 2 is 1.71 bits per heavy atom. The number of rotatable bonds is 7. The van der Waals surface area contributed by atoms with Gasteiger partial charge in [-0.15, -0.1) is 0 Å². The Balaban J connectivity index is 1.37. The van der Waals surface area contributed by atoms with Gasteiger partial charge in [-0.05, 0) is 36.4 Å². The van der Waals surface area contributed by atoms with Crippen LogP contribution in [0.5, 0.6) is 5.75 Å². The van der Waals surface area contributed by atoms with E-state index in [-0.39, 0.29) is 29.5 Å². The number of carbonyl (C=O) groups excluding carboxylic acids is 2. The fraction of sp³-hybridized carbons (Fsp3) is 0.0870. The lowest BCUT2D eigenvalue weighted by atomic mass is 10.2. The molecule has 1 aromatic heterocycles. The number of halogens is 1. The van der Waals surface area contributed by atoms with E-state index in [2.05, 4.69) is 10.3 Å². The summed E-state index contributed by atoms with van der Waals surface area (Å²) in [5, 5.41) is 2.41. The number of amides is 1. The molecule has 0 atom stereocenters. The smallest absolute Gasteiger partial charge is 0.342 e. The number of ether oxygens (including phenoxy) is 2. The van der Waals surface area contributed by atoms with Crippen LogP contribution in [0.4, 0.5) is 10.1 Å². The van der Waals surface area contributed by atoms with Gasteiger partial charge >= 0.3 is 5.97 Å². The Kier molecular flexibility index (Phi) is 5.89. The first-order valence-corrected chi connectivity index (χ1v) is 9.38. The molecule has 1 heterocycles. The van der Waals surface area contributed by atoms with Gasteiger partial charge in [-0.1, -0.05) is 36.4 Å². The van der Waals surface area contributed by atoms with E-state index in [9.17, 15) is 14.0 Å². The van der Waals surface area contributed by atoms with E-state index >= 15 is 0 Å². The molecule has 0 fully saturated rings. The zero-order valence-corrected chi connectivity index (χ0v) is 16.2. The lowest BCUT2D eigenvalue weighted by Gasteiger charge is -2.11. The number of aromatic nitrogens is 1. The highest BCUT2D eigenvalue weighted by atomic mass is 19.1. The SMILES string of the molecule is O=C(COc1ccccc1C(=O)OCc1nc2ccccc2o1)Nc1ccccc1F. The number of hydrogen-bond donors (Lipinski definition) is 1. The number of benzene rings is 3. The molecule has 156 valence electrons. The average Bonchev–Trinajstić information content (AvgIpc) is 3.21. The maximum Gasteiger partial charge on any atom is 0.342 e. The van der Waals surface area contributed by atoms with Crippen molar-refractivity contribution in [1.29, 1.82) is 0 Å². The second-order valence-electron chi connectivity index (χ2n) is 6.46. The van der Waals surface area contributed by atoms with E-state index in [1.54, 1.807) is 30.3 Å². The van der Waals surface area contributed by atoms with Gasteiger partial charge in [0.1, 0.15) is 22.6 Å². The molecule has 0 aliphatic carbocycles. The summed E-state index contributed by atoms with van der Waals surface area (Å²) in [6, 6.07) is 19.3. The maximum absolute atomic E-state index is 13.6. The molecule has 8 heteroatoms. The molecule has 0 radical (unpaired) electrons. The van der Waals surface area contributed by atoms with E-state index < -0.39 is 24.3 Å². The van der Waals surface area contributed by atoms with Gasteiger partial charge in [0.15, 0.2) is 18.8 Å². The first kappa shape index (κ1) is 20.1. The summed E-state index contributed by atoms with van der Waals surface area (Å²) >= 11 is 0. The van der Waals surface area contributed by atoms with Crippen LogP contribution in [0.1, 0.15) is 16.2 Å². The zero-order valence-electron chi connectivity index (χ0n) is 16.2. The summed E-state index contributed by atoms with van der Waals surface area (Å²) in [5.74, 6) is -1.36. The molecule has 3 aromatic carbocycles. The van der Waals surface area contributed by atoms with Crippen molar-refractivity contribution in [2.24, 2.45) is 0 Å². The van der Waals surface area contributed by atoms with Crippen molar-refractivity contribution in [2.75, 3.05) is 11.9 Å². The standard InChI is InChI=1S/C23H17FN2O5/c24-16-8-2-3-9-17(16)25-21(27)13-29-19-11-5-1-7-15(19)23(28)30-14-22-26-18-10-4-6-12-20(18)31-22/h1-12H,13-14H2,(H,25,27). The molecule has 0 aliphatic heterocycles. The van der Waals surface area contributed by atoms with Crippen LogP contribution in [0.3, 0.4) is 0 Å². The monoisotopic (exact) mass is 420 g/mol. The lowest BCUT2D eigenvalue weighted by molar-refractivity contribution is -0.118. The second kappa shape index (κ2) is 9.08. The summed E-state index contributed by atoms with van der Waals surface area (Å²) in [5.41, 5.74) is 1.44. The van der Waals surface area contributed by atoms with Gasteiger partial charge in [-0.3, -0.25) is 4.79 Å². The first-order chi connectivity index (χ1) is 15.1. The largest absolute Gasteiger partial charge is 0.483 e. The van der Waals surface area contributed by atoms with Crippen LogP contribution < -0.4 is 10.1 Å². The number of oxazole rings is 1. The zero-order chi connectivity index (χ0) is 21.6. The van der Waals surface area contributed by atoms with Crippen LogP contribution >= 0.6 is 0 Å². The van der Waals surface area contributed by atoms with E-state index in [0.29, 0.717) is 11.1 Å². The molecule has 0 saturated heterocycles. The van der Waals surface area contributed by atoms with Crippen LogP contribution in [-0.2, 0) is 16.1 Å². The summed E-state index contributed by atoms with van der Waals surface area (Å²) < 4.78 is 29.9. The number of nitrogens with one attached hydrogen (secondary N) is 1. The number of nitrogens with zero attached hydrogens (tertiary/aromatic N) is 1. The fourth-order valence-electron chi connectivity index (χ4n) is 2.84. The van der Waals surface area contributed by atoms with E-state index in [4.69, 9.17) is 13.9 Å². The third-order valence-electron chi connectivity index (χ3n) is 4.28. The summed E-state index contributed by atoms with van der Waals surface area (Å²) in [7, 11) is 0. The van der Waals surface area contributed by atoms with Gasteiger partial charge in [0.2, 0.25) is 5.89 Å². The van der Waals surface area contributed by atoms with Gasteiger partial charge in [0.25, 0.3) is 5.91 Å². The quantitative estimate of drug-likeness (QED) is 0.447. The van der Waals surface area contributed by atoms with Crippen molar-refractivity contribution in [3.8, 4) is 5.75 Å². The highest BCUT2D eigenvalue weighted by Gasteiger charge is 2.17. The molecule has 0 saturated carbocycles. The van der Waals surface area contributed by atoms with Crippen molar-refractivity contribution in [3.63, 3.8) is 0 Å². The van der Waals surface area contributed by atoms with Gasteiger partial charge in [-0.2, -0.15) is 0 Å². The number of carbonyl (C=O) groups is 2. The van der Waals surface area contributed by atoms with Gasteiger partial charge in [-0.25, -0.2) is 14.2 Å². The minimum absolute atomic E-state index is 0.0436. The molecule has 7 nitrogen and oxygen atoms in total. The molecular formula is C23H17FN2O5. The Morgan fingerprint density at radius 1 is 0.968 bits per heavy atom. The Hall–Kier alpha value is -4.20. The molecule has 0 unspecified atom stereocenters. The molecule has 4 aromatic rings. The minimum Gasteiger partial charge on any atom is -0.483 e. The predicted molar refractivity (Wildman–Crippen MR) is 110 cm³/mol. The van der Waals surface area contributed by atoms with Crippen LogP contribution in [0.15, 0.2) is 77.2 Å². The average molecular weight is 420 g/mol. The number of para-hydroxylation sites is 4. The Morgan fingerprint density at radius 3 is 2.55 bits per heavy atom. The number of anilines is 1. The van der Waals surface area contributed by atoms with Gasteiger partial charge in [0, 0.05) is 0 Å². The third-order valence-corrected chi connectivity index (χ3v) is 4.28. The second-order valence-corrected chi connectivity index (χ2v) is 6.46. The van der Waals surface area contributed by atoms with Crippen molar-refractivity contribution in [2.45, 2.75) is 6.61 Å². The molecule has 0 spiro atoms. The van der Waals surface area contributed by atoms with Crippen molar-refractivity contribution in [1.82, 2.24) is 4.98 Å². The number of fused-ring (bicyclic) bond motifs is 1. The third kappa shape index (κ3) is 4.87. The highest BCUT2D eigenvalue weighted by molar-refractivity contribution is 5.94. The highest BCUT2D eigenvalue weighted by Crippen LogP contribution is 2.21. The predicted octanol–water partition coefficient (Wildman–Crippen LogP) is 4.34. The Labute approximate surface area is 176 Å². The summed E-state index contributed by atoms with van der Waals surface area (Å²) in [6.07, 6.45) is 0. The van der Waals surface area contributed by atoms with E-state index in [1.807, 2.05) is 12.1 Å².